The van der Waals surface area contributed by atoms with Crippen LogP contribution in [0.4, 0.5) is 51.7 Å². The monoisotopic (exact) mass is 1000 g/mol. The number of nitrogens with one attached hydrogen (secondary N) is 2. The molecule has 0 radical (unpaired) electrons. The molecule has 1 aromatic heterocycles. The first-order valence-corrected chi connectivity index (χ1v) is 24.2. The summed E-state index contributed by atoms with van der Waals surface area (Å²) in [5, 5.41) is 29.8. The number of azo groups is 2. The highest BCUT2D eigenvalue weighted by molar-refractivity contribution is 7.87. The second kappa shape index (κ2) is 17.0. The van der Waals surface area contributed by atoms with Crippen molar-refractivity contribution in [3.05, 3.63) is 83.6 Å². The first kappa shape index (κ1) is 47.1. The molecule has 0 aliphatic heterocycles. The second-order valence-corrected chi connectivity index (χ2v) is 20.1. The van der Waals surface area contributed by atoms with E-state index in [1.807, 2.05) is 0 Å². The summed E-state index contributed by atoms with van der Waals surface area (Å²) in [4.78, 5) is 7.25. The van der Waals surface area contributed by atoms with Gasteiger partial charge in [-0.25, -0.2) is 0 Å². The van der Waals surface area contributed by atoms with Crippen LogP contribution in [-0.2, 0) is 50.6 Å². The fraction of sp³-hybridized carbons (Fsp3) is 0.0312. The minimum Gasteiger partial charge on any atom is -0.505 e. The third-order valence-electron chi connectivity index (χ3n) is 8.29. The Kier molecular flexibility index (Phi) is 12.5. The van der Waals surface area contributed by atoms with Crippen molar-refractivity contribution in [2.45, 2.75) is 31.4 Å². The zero-order valence-electron chi connectivity index (χ0n) is 31.3. The van der Waals surface area contributed by atoms with Crippen molar-refractivity contribution in [3.63, 3.8) is 0 Å². The molecule has 26 nitrogen and oxygen atoms in total. The summed E-state index contributed by atoms with van der Waals surface area (Å²) in [5.41, 5.74) is 2.37. The van der Waals surface area contributed by atoms with Crippen molar-refractivity contribution in [1.82, 2.24) is 15.0 Å². The molecule has 1 heterocycles. The van der Waals surface area contributed by atoms with E-state index in [2.05, 4.69) is 46.0 Å². The predicted octanol–water partition coefficient (Wildman–Crippen LogP) is 5.83. The zero-order valence-corrected chi connectivity index (χ0v) is 36.2. The third kappa shape index (κ3) is 10.5. The van der Waals surface area contributed by atoms with Gasteiger partial charge in [0.2, 0.25) is 17.2 Å². The number of nitrogens with two attached hydrogens (primary N) is 1. The number of halogens is 1. The molecule has 0 atom stereocenters. The number of nitrogen functional groups attached to an aromatic ring is 1. The van der Waals surface area contributed by atoms with Crippen molar-refractivity contribution in [2.75, 3.05) is 16.4 Å². The van der Waals surface area contributed by atoms with Gasteiger partial charge in [0, 0.05) is 11.4 Å². The van der Waals surface area contributed by atoms with Crippen molar-refractivity contribution in [2.24, 2.45) is 20.5 Å². The maximum absolute atomic E-state index is 12.6. The normalized spacial score (nSPS) is 12.9. The van der Waals surface area contributed by atoms with Crippen LogP contribution in [0, 0.1) is 6.92 Å². The van der Waals surface area contributed by atoms with E-state index < -0.39 is 125 Å². The van der Waals surface area contributed by atoms with Gasteiger partial charge in [0.05, 0.1) is 16.0 Å². The van der Waals surface area contributed by atoms with Crippen LogP contribution in [0.2, 0.25) is 5.28 Å². The molecule has 10 N–H and O–H groups in total. The fourth-order valence-corrected chi connectivity index (χ4v) is 8.73. The molecule has 0 spiro atoms. The van der Waals surface area contributed by atoms with E-state index in [4.69, 9.17) is 17.3 Å². The number of aromatic nitrogens is 3. The van der Waals surface area contributed by atoms with Gasteiger partial charge in [-0.1, -0.05) is 6.07 Å². The van der Waals surface area contributed by atoms with Crippen LogP contribution in [0.5, 0.6) is 5.75 Å². The minimum absolute atomic E-state index is 0.118. The van der Waals surface area contributed by atoms with Gasteiger partial charge >= 0.3 is 0 Å². The number of benzene rings is 5. The van der Waals surface area contributed by atoms with Crippen LogP contribution in [0.25, 0.3) is 10.8 Å². The first-order chi connectivity index (χ1) is 29.5. The predicted molar refractivity (Wildman–Crippen MR) is 223 cm³/mol. The van der Waals surface area contributed by atoms with Gasteiger partial charge in [-0.2, -0.15) is 57.0 Å². The molecule has 0 aliphatic carbocycles. The Morgan fingerprint density at radius 3 is 1.52 bits per heavy atom. The SMILES string of the molecule is Cc1ccc(S(=O)(=O)O)c(N=Nc2c(S(=O)(=O)O)cc3cc(S(=O)(=O)O)c(N=Nc4cc(Nc5nc(Cl)nc(Nc6ccc(S(=O)(=O)O)cc6)n5)ccc4S(=O)(=O)O)c(O)c3c2N)c1. The van der Waals surface area contributed by atoms with Crippen molar-refractivity contribution in [1.29, 1.82) is 0 Å². The van der Waals surface area contributed by atoms with E-state index in [0.717, 1.165) is 42.5 Å². The number of fused-ring (bicyclic) bond motifs is 1. The first-order valence-electron chi connectivity index (χ1n) is 16.6. The molecule has 0 aliphatic rings. The maximum Gasteiger partial charge on any atom is 0.296 e. The molecule has 32 heteroatoms. The lowest BCUT2D eigenvalue weighted by Gasteiger charge is -2.14. The van der Waals surface area contributed by atoms with Gasteiger partial charge in [-0.05, 0) is 96.2 Å². The molecule has 0 unspecified atom stereocenters. The van der Waals surface area contributed by atoms with Crippen molar-refractivity contribution >= 4 is 125 Å². The molecule has 0 saturated carbocycles. The van der Waals surface area contributed by atoms with Gasteiger partial charge in [-0.3, -0.25) is 22.8 Å². The van der Waals surface area contributed by atoms with E-state index in [-0.39, 0.29) is 23.3 Å². The van der Waals surface area contributed by atoms with Gasteiger partial charge < -0.3 is 21.5 Å². The Bertz CT molecular complexity index is 3580. The van der Waals surface area contributed by atoms with E-state index in [1.54, 1.807) is 0 Å². The van der Waals surface area contributed by atoms with Gasteiger partial charge in [-0.15, -0.1) is 20.5 Å². The second-order valence-electron chi connectivity index (χ2n) is 12.8. The van der Waals surface area contributed by atoms with Gasteiger partial charge in [0.1, 0.15) is 42.3 Å². The Hall–Kier alpha value is -6.39. The zero-order chi connectivity index (χ0) is 47.3. The van der Waals surface area contributed by atoms with Crippen LogP contribution < -0.4 is 16.4 Å². The lowest BCUT2D eigenvalue weighted by molar-refractivity contribution is 0.472. The van der Waals surface area contributed by atoms with E-state index >= 15 is 0 Å². The maximum atomic E-state index is 12.6. The topological polar surface area (TPSA) is 430 Å². The summed E-state index contributed by atoms with van der Waals surface area (Å²) in [6.07, 6.45) is 0. The third-order valence-corrected chi connectivity index (χ3v) is 12.9. The number of anilines is 5. The average molecular weight is 1000 g/mol. The number of rotatable bonds is 13. The van der Waals surface area contributed by atoms with E-state index in [9.17, 15) is 70.0 Å². The number of phenolic OH excluding ortho intramolecular Hbond substituents is 1. The smallest absolute Gasteiger partial charge is 0.296 e. The molecule has 6 aromatic rings. The molecule has 64 heavy (non-hydrogen) atoms. The van der Waals surface area contributed by atoms with Crippen LogP contribution in [0.1, 0.15) is 5.56 Å². The summed E-state index contributed by atoms with van der Waals surface area (Å²) in [6.45, 7) is 1.50. The molecule has 0 bridgehead atoms. The Labute approximate surface area is 365 Å². The Morgan fingerprint density at radius 2 is 1.00 bits per heavy atom. The summed E-state index contributed by atoms with van der Waals surface area (Å²) < 4.78 is 171. The number of hydrogen-bond acceptors (Lipinski definition) is 21. The molecule has 0 fully saturated rings. The summed E-state index contributed by atoms with van der Waals surface area (Å²) in [7, 11) is -25.4. The number of phenols is 1. The number of aryl methyl sites for hydroxylation is 1. The lowest BCUT2D eigenvalue weighted by atomic mass is 10.1. The summed E-state index contributed by atoms with van der Waals surface area (Å²) >= 11 is 6.05. The Balaban J connectivity index is 1.47. The molecule has 0 saturated heterocycles. The number of aromatic hydroxyl groups is 1. The summed E-state index contributed by atoms with van der Waals surface area (Å²) in [5.74, 6) is -1.81. The van der Waals surface area contributed by atoms with Crippen LogP contribution in [0.15, 0.2) is 118 Å². The van der Waals surface area contributed by atoms with Crippen LogP contribution in [-0.4, -0.2) is 84.9 Å². The highest BCUT2D eigenvalue weighted by Crippen LogP contribution is 2.49. The van der Waals surface area contributed by atoms with Gasteiger partial charge in [0.25, 0.3) is 50.6 Å². The van der Waals surface area contributed by atoms with Crippen LogP contribution in [0.3, 0.4) is 0 Å². The van der Waals surface area contributed by atoms with Crippen molar-refractivity contribution < 1.29 is 70.0 Å². The largest absolute Gasteiger partial charge is 0.505 e. The molecule has 5 aromatic carbocycles. The van der Waals surface area contributed by atoms with E-state index in [1.165, 1.54) is 25.1 Å². The fourth-order valence-electron chi connectivity index (χ4n) is 5.56. The quantitative estimate of drug-likeness (QED) is 0.0373. The Morgan fingerprint density at radius 1 is 0.547 bits per heavy atom. The van der Waals surface area contributed by atoms with Crippen molar-refractivity contribution in [3.8, 4) is 5.75 Å². The molecule has 336 valence electrons. The molecular weight excluding hydrogens is 976 g/mol. The molecule has 0 amide bonds. The number of hydrogen-bond donors (Lipinski definition) is 9. The van der Waals surface area contributed by atoms with E-state index in [0.29, 0.717) is 17.7 Å². The average Bonchev–Trinajstić information content (AvgIpc) is 3.15. The standard InChI is InChI=1S/C32H25ClN10O16S5/c1-14-2-8-21(61(48,49)50)19(10-14)40-42-27-23(63(54,55)56)11-15-12-24(64(57,58)59)28(29(44)25(15)26(27)34)43-41-20-13-17(5-9-22(20)62(51,52)53)36-32-38-30(33)37-31(39-32)35-16-3-6-18(7-4-16)60(45,46)47/h2-13,44H,34H2,1H3,(H,45,46,47)(H,48,49,50)(H,51,52,53)(H,54,55,56)(H,57,58,59)(H2,35,36,37,38,39). The number of nitrogens with zero attached hydrogens (tertiary/aromatic N) is 7. The minimum atomic E-state index is -5.47. The highest BCUT2D eigenvalue weighted by Gasteiger charge is 2.29. The van der Waals surface area contributed by atoms with Crippen LogP contribution >= 0.6 is 11.6 Å². The molecule has 6 rings (SSSR count). The highest BCUT2D eigenvalue weighted by atomic mass is 35.5. The van der Waals surface area contributed by atoms with Gasteiger partial charge in [0.15, 0.2) is 5.75 Å². The summed E-state index contributed by atoms with van der Waals surface area (Å²) in [6, 6.07) is 11.8. The lowest BCUT2D eigenvalue weighted by Crippen LogP contribution is -2.05. The molecular formula is C32H25ClN10O16S5.